The van der Waals surface area contributed by atoms with Crippen molar-refractivity contribution in [3.63, 3.8) is 0 Å². The zero-order chi connectivity index (χ0) is 8.81. The van der Waals surface area contributed by atoms with Gasteiger partial charge in [-0.2, -0.15) is 0 Å². The minimum absolute atomic E-state index is 0.176. The van der Waals surface area contributed by atoms with Gasteiger partial charge in [-0.25, -0.2) is 4.98 Å². The largest absolute Gasteiger partial charge is 0.364 e. The van der Waals surface area contributed by atoms with E-state index in [4.69, 9.17) is 0 Å². The Bertz CT molecular complexity index is 250. The summed E-state index contributed by atoms with van der Waals surface area (Å²) in [6.07, 6.45) is 4.36. The van der Waals surface area contributed by atoms with Gasteiger partial charge in [0.25, 0.3) is 5.91 Å². The zero-order valence-corrected chi connectivity index (χ0v) is 6.65. The fourth-order valence-corrected chi connectivity index (χ4v) is 0.645. The van der Waals surface area contributed by atoms with Crippen molar-refractivity contribution < 1.29 is 9.53 Å². The second-order valence-electron chi connectivity index (χ2n) is 2.03. The third-order valence-corrected chi connectivity index (χ3v) is 1.17. The number of hydrogen-bond donors (Lipinski definition) is 1. The lowest BCUT2D eigenvalue weighted by molar-refractivity contribution is 0.0867. The highest BCUT2D eigenvalue weighted by atomic mass is 16.5. The normalized spacial score (nSPS) is 9.42. The molecule has 1 rings (SSSR count). The van der Waals surface area contributed by atoms with E-state index in [9.17, 15) is 4.79 Å². The number of hydrogen-bond acceptors (Lipinski definition) is 4. The molecule has 1 aromatic rings. The van der Waals surface area contributed by atoms with Crippen molar-refractivity contribution >= 4 is 5.91 Å². The van der Waals surface area contributed by atoms with E-state index in [2.05, 4.69) is 20.0 Å². The highest BCUT2D eigenvalue weighted by molar-refractivity contribution is 5.91. The lowest BCUT2D eigenvalue weighted by atomic mass is 10.4. The maximum absolute atomic E-state index is 11.1. The lowest BCUT2D eigenvalue weighted by Gasteiger charge is -2.00. The summed E-state index contributed by atoms with van der Waals surface area (Å²) in [4.78, 5) is 18.7. The second kappa shape index (κ2) is 4.40. The molecule has 5 nitrogen and oxygen atoms in total. The van der Waals surface area contributed by atoms with E-state index in [1.807, 2.05) is 0 Å². The minimum atomic E-state index is -0.287. The van der Waals surface area contributed by atoms with Gasteiger partial charge in [0.1, 0.15) is 12.4 Å². The van der Waals surface area contributed by atoms with Gasteiger partial charge in [-0.05, 0) is 0 Å². The number of carbonyl (C=O) groups excluding carboxylic acids is 1. The fourth-order valence-electron chi connectivity index (χ4n) is 0.645. The minimum Gasteiger partial charge on any atom is -0.364 e. The van der Waals surface area contributed by atoms with E-state index in [0.717, 1.165) is 0 Å². The fraction of sp³-hybridized carbons (Fsp3) is 0.286. The van der Waals surface area contributed by atoms with E-state index in [-0.39, 0.29) is 18.3 Å². The van der Waals surface area contributed by atoms with Crippen molar-refractivity contribution in [2.75, 3.05) is 13.8 Å². The topological polar surface area (TPSA) is 64.1 Å². The quantitative estimate of drug-likeness (QED) is 0.634. The summed E-state index contributed by atoms with van der Waals surface area (Å²) in [5.41, 5.74) is 0.287. The Morgan fingerprint density at radius 2 is 2.50 bits per heavy atom. The van der Waals surface area contributed by atoms with Gasteiger partial charge >= 0.3 is 0 Å². The van der Waals surface area contributed by atoms with Crippen LogP contribution in [0.5, 0.6) is 0 Å². The van der Waals surface area contributed by atoms with Crippen molar-refractivity contribution in [3.8, 4) is 0 Å². The van der Waals surface area contributed by atoms with Gasteiger partial charge in [0.2, 0.25) is 0 Å². The first-order valence-electron chi connectivity index (χ1n) is 3.37. The molecule has 12 heavy (non-hydrogen) atoms. The molecule has 1 N–H and O–H groups in total. The molecule has 0 aliphatic heterocycles. The molecule has 1 aromatic heterocycles. The maximum Gasteiger partial charge on any atom is 0.273 e. The Balaban J connectivity index is 2.54. The average Bonchev–Trinajstić information content (AvgIpc) is 2.15. The summed E-state index contributed by atoms with van der Waals surface area (Å²) in [7, 11) is 1.50. The number of rotatable bonds is 3. The van der Waals surface area contributed by atoms with Gasteiger partial charge in [-0.1, -0.05) is 0 Å². The van der Waals surface area contributed by atoms with Crippen molar-refractivity contribution in [2.45, 2.75) is 0 Å². The van der Waals surface area contributed by atoms with Gasteiger partial charge in [0.15, 0.2) is 0 Å². The highest BCUT2D eigenvalue weighted by Gasteiger charge is 2.03. The summed E-state index contributed by atoms with van der Waals surface area (Å²) in [6.45, 7) is 0.176. The second-order valence-corrected chi connectivity index (χ2v) is 2.03. The van der Waals surface area contributed by atoms with Crippen LogP contribution >= 0.6 is 0 Å². The molecule has 0 saturated carbocycles. The maximum atomic E-state index is 11.1. The van der Waals surface area contributed by atoms with E-state index >= 15 is 0 Å². The lowest BCUT2D eigenvalue weighted by Crippen LogP contribution is -2.26. The Labute approximate surface area is 69.8 Å². The summed E-state index contributed by atoms with van der Waals surface area (Å²) in [6, 6.07) is 0. The molecule has 0 unspecified atom stereocenters. The van der Waals surface area contributed by atoms with Gasteiger partial charge < -0.3 is 10.1 Å². The number of amides is 1. The number of nitrogens with one attached hydrogen (secondary N) is 1. The SMILES string of the molecule is COCNC(=O)c1cnccn1. The first kappa shape index (κ1) is 8.61. The molecule has 0 aliphatic carbocycles. The Morgan fingerprint density at radius 3 is 3.08 bits per heavy atom. The number of methoxy groups -OCH3 is 1. The number of aromatic nitrogens is 2. The van der Waals surface area contributed by atoms with Crippen molar-refractivity contribution in [3.05, 3.63) is 24.3 Å². The number of nitrogens with zero attached hydrogens (tertiary/aromatic N) is 2. The molecular weight excluding hydrogens is 158 g/mol. The van der Waals surface area contributed by atoms with Crippen LogP contribution in [0.3, 0.4) is 0 Å². The molecule has 0 spiro atoms. The van der Waals surface area contributed by atoms with Crippen LogP contribution in [0.1, 0.15) is 10.5 Å². The van der Waals surface area contributed by atoms with E-state index < -0.39 is 0 Å². The first-order valence-corrected chi connectivity index (χ1v) is 3.37. The molecule has 1 heterocycles. The van der Waals surface area contributed by atoms with Crippen LogP contribution in [0, 0.1) is 0 Å². The van der Waals surface area contributed by atoms with Crippen molar-refractivity contribution in [1.29, 1.82) is 0 Å². The number of carbonyl (C=O) groups is 1. The van der Waals surface area contributed by atoms with Gasteiger partial charge in [0, 0.05) is 19.5 Å². The summed E-state index contributed by atoms with van der Waals surface area (Å²) in [5.74, 6) is -0.287. The summed E-state index contributed by atoms with van der Waals surface area (Å²) < 4.78 is 4.65. The standard InChI is InChI=1S/C7H9N3O2/c1-12-5-10-7(11)6-4-8-2-3-9-6/h2-4H,5H2,1H3,(H,10,11). The molecule has 0 bridgehead atoms. The van der Waals surface area contributed by atoms with E-state index in [0.29, 0.717) is 0 Å². The molecule has 0 saturated heterocycles. The van der Waals surface area contributed by atoms with Gasteiger partial charge in [-0.15, -0.1) is 0 Å². The zero-order valence-electron chi connectivity index (χ0n) is 6.65. The van der Waals surface area contributed by atoms with Crippen LogP contribution in [-0.2, 0) is 4.74 Å². The highest BCUT2D eigenvalue weighted by Crippen LogP contribution is 1.88. The molecule has 1 amide bonds. The smallest absolute Gasteiger partial charge is 0.273 e. The third kappa shape index (κ3) is 2.28. The Morgan fingerprint density at radius 1 is 1.67 bits per heavy atom. The summed E-state index contributed by atoms with van der Waals surface area (Å²) in [5, 5.41) is 2.48. The number of ether oxygens (including phenoxy) is 1. The molecule has 64 valence electrons. The van der Waals surface area contributed by atoms with Crippen LogP contribution < -0.4 is 5.32 Å². The predicted octanol–water partition coefficient (Wildman–Crippen LogP) is -0.190. The predicted molar refractivity (Wildman–Crippen MR) is 41.4 cm³/mol. The molecule has 0 radical (unpaired) electrons. The Hall–Kier alpha value is -1.49. The van der Waals surface area contributed by atoms with Crippen LogP contribution in [0.4, 0.5) is 0 Å². The first-order chi connectivity index (χ1) is 5.84. The van der Waals surface area contributed by atoms with Crippen LogP contribution in [0.2, 0.25) is 0 Å². The average molecular weight is 167 g/mol. The molecule has 0 aromatic carbocycles. The Kier molecular flexibility index (Phi) is 3.16. The molecule has 0 atom stereocenters. The van der Waals surface area contributed by atoms with Crippen LogP contribution in [0.25, 0.3) is 0 Å². The van der Waals surface area contributed by atoms with Crippen LogP contribution in [0.15, 0.2) is 18.6 Å². The van der Waals surface area contributed by atoms with Crippen molar-refractivity contribution in [2.24, 2.45) is 0 Å². The summed E-state index contributed by atoms with van der Waals surface area (Å²) >= 11 is 0. The van der Waals surface area contributed by atoms with E-state index in [1.165, 1.54) is 25.7 Å². The van der Waals surface area contributed by atoms with E-state index in [1.54, 1.807) is 0 Å². The van der Waals surface area contributed by atoms with Crippen molar-refractivity contribution in [1.82, 2.24) is 15.3 Å². The third-order valence-electron chi connectivity index (χ3n) is 1.17. The molecular formula is C7H9N3O2. The molecule has 0 fully saturated rings. The molecule has 5 heteroatoms. The van der Waals surface area contributed by atoms with Gasteiger partial charge in [-0.3, -0.25) is 9.78 Å². The van der Waals surface area contributed by atoms with Crippen LogP contribution in [-0.4, -0.2) is 29.7 Å². The van der Waals surface area contributed by atoms with Gasteiger partial charge in [0.05, 0.1) is 6.20 Å². The molecule has 0 aliphatic rings. The monoisotopic (exact) mass is 167 g/mol.